The Hall–Kier alpha value is -1.85. The summed E-state index contributed by atoms with van der Waals surface area (Å²) in [6.45, 7) is 9.08. The van der Waals surface area contributed by atoms with Crippen molar-refractivity contribution in [3.63, 3.8) is 0 Å². The monoisotopic (exact) mass is 370 g/mol. The van der Waals surface area contributed by atoms with Crippen LogP contribution in [0, 0.1) is 11.1 Å². The molecule has 27 heavy (non-hydrogen) atoms. The number of rotatable bonds is 1. The molecule has 1 aromatic heterocycles. The third kappa shape index (κ3) is 3.07. The first-order chi connectivity index (χ1) is 12.7. The lowest BCUT2D eigenvalue weighted by atomic mass is 9.84. The van der Waals surface area contributed by atoms with Crippen molar-refractivity contribution < 1.29 is 14.2 Å². The zero-order chi connectivity index (χ0) is 19.4. The summed E-state index contributed by atoms with van der Waals surface area (Å²) in [4.78, 5) is 13.1. The van der Waals surface area contributed by atoms with E-state index in [-0.39, 0.29) is 16.8 Å². The third-order valence-corrected chi connectivity index (χ3v) is 6.21. The van der Waals surface area contributed by atoms with E-state index in [2.05, 4.69) is 13.0 Å². The Morgan fingerprint density at radius 2 is 2.04 bits per heavy atom. The lowest BCUT2D eigenvalue weighted by molar-refractivity contribution is -0.922. The van der Waals surface area contributed by atoms with Gasteiger partial charge in [-0.3, -0.25) is 0 Å². The van der Waals surface area contributed by atoms with E-state index in [1.54, 1.807) is 4.57 Å². The standard InChI is InChI=1S/C22H30N2O3/c1-5-15-10-11-19-20-17(12-13-24(19,26)14-15)16-8-6-7-9-18(16)23(20)21(25)27-22(2,3)4/h6-9,15,19H,5,10-14H2,1-4H3/t15-,19-,24+/m0/s1. The van der Waals surface area contributed by atoms with Crippen LogP contribution in [-0.2, 0) is 11.2 Å². The fourth-order valence-corrected chi connectivity index (χ4v) is 4.97. The van der Waals surface area contributed by atoms with Crippen LogP contribution in [0.25, 0.3) is 10.9 Å². The second kappa shape index (κ2) is 6.35. The molecular weight excluding hydrogens is 340 g/mol. The molecule has 146 valence electrons. The first kappa shape index (κ1) is 18.5. The molecule has 1 saturated heterocycles. The van der Waals surface area contributed by atoms with Gasteiger partial charge in [0.2, 0.25) is 0 Å². The van der Waals surface area contributed by atoms with E-state index in [1.165, 1.54) is 5.56 Å². The first-order valence-corrected chi connectivity index (χ1v) is 10.2. The van der Waals surface area contributed by atoms with Crippen LogP contribution in [-0.4, -0.2) is 34.0 Å². The summed E-state index contributed by atoms with van der Waals surface area (Å²) < 4.78 is 7.24. The number of hydroxylamine groups is 3. The van der Waals surface area contributed by atoms with Crippen LogP contribution in [0.1, 0.15) is 64.3 Å². The molecule has 2 aliphatic heterocycles. The lowest BCUT2D eigenvalue weighted by Crippen LogP contribution is -2.55. The highest BCUT2D eigenvalue weighted by Crippen LogP contribution is 2.47. The number of hydrogen-bond donors (Lipinski definition) is 0. The Morgan fingerprint density at radius 3 is 2.74 bits per heavy atom. The molecule has 5 nitrogen and oxygen atoms in total. The first-order valence-electron chi connectivity index (χ1n) is 10.2. The molecule has 0 N–H and O–H groups in total. The molecule has 3 heterocycles. The lowest BCUT2D eigenvalue weighted by Gasteiger charge is -2.55. The van der Waals surface area contributed by atoms with Crippen molar-refractivity contribution in [1.29, 1.82) is 0 Å². The van der Waals surface area contributed by atoms with Crippen LogP contribution >= 0.6 is 0 Å². The number of aromatic nitrogens is 1. The second-order valence-electron chi connectivity index (χ2n) is 9.17. The van der Waals surface area contributed by atoms with Crippen LogP contribution in [0.3, 0.4) is 0 Å². The van der Waals surface area contributed by atoms with Gasteiger partial charge >= 0.3 is 6.09 Å². The molecule has 4 rings (SSSR count). The highest BCUT2D eigenvalue weighted by atomic mass is 16.6. The minimum Gasteiger partial charge on any atom is -0.632 e. The molecular formula is C22H30N2O3. The van der Waals surface area contributed by atoms with Gasteiger partial charge in [0.25, 0.3) is 0 Å². The smallest absolute Gasteiger partial charge is 0.419 e. The summed E-state index contributed by atoms with van der Waals surface area (Å²) in [6, 6.07) is 7.81. The maximum absolute atomic E-state index is 13.7. The van der Waals surface area contributed by atoms with Gasteiger partial charge in [-0.1, -0.05) is 25.1 Å². The fraction of sp³-hybridized carbons (Fsp3) is 0.591. The van der Waals surface area contributed by atoms with E-state index in [1.807, 2.05) is 39.0 Å². The van der Waals surface area contributed by atoms with Gasteiger partial charge < -0.3 is 14.6 Å². The second-order valence-corrected chi connectivity index (χ2v) is 9.17. The molecule has 0 unspecified atom stereocenters. The molecule has 0 spiro atoms. The predicted octanol–water partition coefficient (Wildman–Crippen LogP) is 5.16. The Kier molecular flexibility index (Phi) is 4.35. The van der Waals surface area contributed by atoms with E-state index in [0.29, 0.717) is 19.0 Å². The van der Waals surface area contributed by atoms with Crippen molar-refractivity contribution >= 4 is 17.0 Å². The van der Waals surface area contributed by atoms with Gasteiger partial charge in [0.1, 0.15) is 11.6 Å². The van der Waals surface area contributed by atoms with Gasteiger partial charge in [0, 0.05) is 24.1 Å². The van der Waals surface area contributed by atoms with Gasteiger partial charge in [-0.15, -0.1) is 0 Å². The van der Waals surface area contributed by atoms with Crippen molar-refractivity contribution in [2.75, 3.05) is 13.1 Å². The normalized spacial score (nSPS) is 27.9. The fourth-order valence-electron chi connectivity index (χ4n) is 4.97. The van der Waals surface area contributed by atoms with Gasteiger partial charge in [0.05, 0.1) is 24.3 Å². The van der Waals surface area contributed by atoms with E-state index in [9.17, 15) is 10.0 Å². The van der Waals surface area contributed by atoms with Crippen LogP contribution in [0.2, 0.25) is 0 Å². The number of hydrogen-bond acceptors (Lipinski definition) is 3. The molecule has 0 aliphatic carbocycles. The Morgan fingerprint density at radius 1 is 1.30 bits per heavy atom. The molecule has 2 aliphatic rings. The van der Waals surface area contributed by atoms with Gasteiger partial charge in [-0.05, 0) is 45.2 Å². The minimum absolute atomic E-state index is 0.170. The summed E-state index contributed by atoms with van der Waals surface area (Å²) >= 11 is 0. The van der Waals surface area contributed by atoms with Crippen LogP contribution in [0.15, 0.2) is 24.3 Å². The molecule has 1 aromatic carbocycles. The highest BCUT2D eigenvalue weighted by Gasteiger charge is 2.45. The number of fused-ring (bicyclic) bond motifs is 5. The molecule has 0 radical (unpaired) electrons. The maximum atomic E-state index is 13.7. The SMILES string of the molecule is CC[C@H]1CC[C@H]2c3c(c4ccccc4n3C(=O)OC(C)(C)C)CC[N@@+]2([O-])C1. The number of carbonyl (C=O) groups excluding carboxylic acids is 1. The average molecular weight is 370 g/mol. The average Bonchev–Trinajstić information content (AvgIpc) is 2.93. The van der Waals surface area contributed by atoms with Crippen molar-refractivity contribution in [2.45, 2.75) is 65.0 Å². The van der Waals surface area contributed by atoms with E-state index >= 15 is 0 Å². The molecule has 5 heteroatoms. The molecule has 0 saturated carbocycles. The van der Waals surface area contributed by atoms with E-state index in [4.69, 9.17) is 4.74 Å². The molecule has 2 aromatic rings. The van der Waals surface area contributed by atoms with Crippen molar-refractivity contribution in [2.24, 2.45) is 5.92 Å². The van der Waals surface area contributed by atoms with Gasteiger partial charge in [-0.2, -0.15) is 0 Å². The molecule has 3 atom stereocenters. The summed E-state index contributed by atoms with van der Waals surface area (Å²) in [5, 5.41) is 14.8. The number of nitrogens with zero attached hydrogens (tertiary/aromatic N) is 2. The van der Waals surface area contributed by atoms with Crippen molar-refractivity contribution in [1.82, 2.24) is 4.57 Å². The Balaban J connectivity index is 1.88. The summed E-state index contributed by atoms with van der Waals surface area (Å²) in [5.74, 6) is 0.486. The van der Waals surface area contributed by atoms with Crippen molar-refractivity contribution in [3.05, 3.63) is 40.7 Å². The van der Waals surface area contributed by atoms with Gasteiger partial charge in [0.15, 0.2) is 0 Å². The Labute approximate surface area is 161 Å². The molecule has 0 amide bonds. The highest BCUT2D eigenvalue weighted by molar-refractivity contribution is 5.94. The third-order valence-electron chi connectivity index (χ3n) is 6.21. The summed E-state index contributed by atoms with van der Waals surface area (Å²) in [7, 11) is 0. The van der Waals surface area contributed by atoms with Crippen LogP contribution < -0.4 is 0 Å². The summed E-state index contributed by atoms with van der Waals surface area (Å²) in [6.07, 6.45) is 3.30. The largest absolute Gasteiger partial charge is 0.632 e. The number of ether oxygens (including phenoxy) is 1. The van der Waals surface area contributed by atoms with Crippen molar-refractivity contribution in [3.8, 4) is 0 Å². The van der Waals surface area contributed by atoms with Gasteiger partial charge in [-0.25, -0.2) is 9.36 Å². The zero-order valence-electron chi connectivity index (χ0n) is 16.8. The number of para-hydroxylation sites is 1. The number of carbonyl (C=O) groups is 1. The molecule has 0 bridgehead atoms. The van der Waals surface area contributed by atoms with Crippen LogP contribution in [0.5, 0.6) is 0 Å². The topological polar surface area (TPSA) is 54.3 Å². The van der Waals surface area contributed by atoms with E-state index < -0.39 is 5.60 Å². The predicted molar refractivity (Wildman–Crippen MR) is 106 cm³/mol. The summed E-state index contributed by atoms with van der Waals surface area (Å²) in [5.41, 5.74) is 2.36. The number of quaternary nitrogens is 1. The van der Waals surface area contributed by atoms with Crippen LogP contribution in [0.4, 0.5) is 4.79 Å². The Bertz CT molecular complexity index is 880. The maximum Gasteiger partial charge on any atom is 0.419 e. The number of benzene rings is 1. The zero-order valence-corrected chi connectivity index (χ0v) is 16.8. The van der Waals surface area contributed by atoms with E-state index in [0.717, 1.165) is 42.3 Å². The number of piperidine rings is 1. The minimum atomic E-state index is -0.576. The molecule has 1 fully saturated rings. The quantitative estimate of drug-likeness (QED) is 0.515.